The third-order valence-corrected chi connectivity index (χ3v) is 4.65. The lowest BCUT2D eigenvalue weighted by Crippen LogP contribution is -2.37. The standard InChI is InChI=1S/C21H28N2O4/c1-15(2)10-21(24)23(14-19-8-5-9-26-19)13-17-12-20(27-22-17)16-6-4-7-18(11-16)25-3/h4,6-7,11-12,15,19H,5,8-10,13-14H2,1-3H3/t19-/m0/s1. The quantitative estimate of drug-likeness (QED) is 0.703. The molecule has 0 aliphatic carbocycles. The summed E-state index contributed by atoms with van der Waals surface area (Å²) in [6.45, 7) is 5.92. The molecule has 1 aliphatic heterocycles. The van der Waals surface area contributed by atoms with Gasteiger partial charge in [-0.3, -0.25) is 4.79 Å². The van der Waals surface area contributed by atoms with Crippen LogP contribution in [0, 0.1) is 5.92 Å². The second-order valence-corrected chi connectivity index (χ2v) is 7.42. The monoisotopic (exact) mass is 372 g/mol. The normalized spacial score (nSPS) is 16.7. The molecular formula is C21H28N2O4. The second kappa shape index (κ2) is 9.04. The summed E-state index contributed by atoms with van der Waals surface area (Å²) in [5.41, 5.74) is 1.63. The number of carbonyl (C=O) groups excluding carboxylic acids is 1. The molecule has 0 N–H and O–H groups in total. The molecule has 146 valence electrons. The molecule has 6 heteroatoms. The van der Waals surface area contributed by atoms with E-state index < -0.39 is 0 Å². The van der Waals surface area contributed by atoms with Crippen molar-refractivity contribution >= 4 is 5.91 Å². The Morgan fingerprint density at radius 2 is 2.22 bits per heavy atom. The maximum absolute atomic E-state index is 12.7. The zero-order valence-corrected chi connectivity index (χ0v) is 16.3. The van der Waals surface area contributed by atoms with E-state index in [-0.39, 0.29) is 12.0 Å². The lowest BCUT2D eigenvalue weighted by Gasteiger charge is -2.25. The molecule has 2 heterocycles. The summed E-state index contributed by atoms with van der Waals surface area (Å²) in [7, 11) is 1.63. The van der Waals surface area contributed by atoms with E-state index in [0.717, 1.165) is 36.5 Å². The highest BCUT2D eigenvalue weighted by molar-refractivity contribution is 5.76. The van der Waals surface area contributed by atoms with E-state index in [1.165, 1.54) is 0 Å². The molecule has 2 aromatic rings. The predicted molar refractivity (Wildman–Crippen MR) is 102 cm³/mol. The minimum Gasteiger partial charge on any atom is -0.497 e. The van der Waals surface area contributed by atoms with Gasteiger partial charge in [0.1, 0.15) is 11.4 Å². The summed E-state index contributed by atoms with van der Waals surface area (Å²) in [6.07, 6.45) is 2.69. The fourth-order valence-corrected chi connectivity index (χ4v) is 3.26. The zero-order chi connectivity index (χ0) is 19.2. The number of benzene rings is 1. The summed E-state index contributed by atoms with van der Waals surface area (Å²) in [5, 5.41) is 4.17. The fourth-order valence-electron chi connectivity index (χ4n) is 3.26. The van der Waals surface area contributed by atoms with Gasteiger partial charge >= 0.3 is 0 Å². The predicted octanol–water partition coefficient (Wildman–Crippen LogP) is 3.90. The Balaban J connectivity index is 1.72. The highest BCUT2D eigenvalue weighted by Gasteiger charge is 2.24. The van der Waals surface area contributed by atoms with Crippen LogP contribution in [-0.2, 0) is 16.1 Å². The molecule has 0 radical (unpaired) electrons. The number of nitrogens with zero attached hydrogens (tertiary/aromatic N) is 2. The van der Waals surface area contributed by atoms with Crippen LogP contribution in [0.3, 0.4) is 0 Å². The number of hydrogen-bond acceptors (Lipinski definition) is 5. The van der Waals surface area contributed by atoms with Crippen molar-refractivity contribution in [2.24, 2.45) is 5.92 Å². The van der Waals surface area contributed by atoms with E-state index in [0.29, 0.717) is 31.2 Å². The first-order valence-electron chi connectivity index (χ1n) is 9.54. The van der Waals surface area contributed by atoms with Crippen molar-refractivity contribution in [3.63, 3.8) is 0 Å². The lowest BCUT2D eigenvalue weighted by molar-refractivity contribution is -0.134. The summed E-state index contributed by atoms with van der Waals surface area (Å²) in [5.74, 6) is 1.87. The van der Waals surface area contributed by atoms with Crippen LogP contribution in [0.15, 0.2) is 34.9 Å². The molecule has 6 nitrogen and oxygen atoms in total. The third-order valence-electron chi connectivity index (χ3n) is 4.65. The number of amides is 1. The molecule has 3 rings (SSSR count). The zero-order valence-electron chi connectivity index (χ0n) is 16.3. The highest BCUT2D eigenvalue weighted by atomic mass is 16.5. The van der Waals surface area contributed by atoms with Gasteiger partial charge in [-0.25, -0.2) is 0 Å². The van der Waals surface area contributed by atoms with Crippen molar-refractivity contribution < 1.29 is 18.8 Å². The Morgan fingerprint density at radius 1 is 1.37 bits per heavy atom. The Bertz CT molecular complexity index is 750. The molecule has 27 heavy (non-hydrogen) atoms. The molecule has 0 bridgehead atoms. The Kier molecular flexibility index (Phi) is 6.50. The van der Waals surface area contributed by atoms with Crippen molar-refractivity contribution in [3.8, 4) is 17.1 Å². The number of aromatic nitrogens is 1. The van der Waals surface area contributed by atoms with E-state index in [9.17, 15) is 4.79 Å². The molecule has 1 atom stereocenters. The smallest absolute Gasteiger partial charge is 0.223 e. The van der Waals surface area contributed by atoms with E-state index in [1.54, 1.807) is 7.11 Å². The van der Waals surface area contributed by atoms with Crippen LogP contribution in [0.2, 0.25) is 0 Å². The fraction of sp³-hybridized carbons (Fsp3) is 0.524. The van der Waals surface area contributed by atoms with Gasteiger partial charge in [-0.05, 0) is 30.9 Å². The van der Waals surface area contributed by atoms with Gasteiger partial charge in [0.15, 0.2) is 5.76 Å². The van der Waals surface area contributed by atoms with Crippen LogP contribution in [0.1, 0.15) is 38.8 Å². The van der Waals surface area contributed by atoms with E-state index >= 15 is 0 Å². The molecule has 1 aromatic heterocycles. The summed E-state index contributed by atoms with van der Waals surface area (Å²) in [6, 6.07) is 9.53. The average molecular weight is 372 g/mol. The third kappa shape index (κ3) is 5.32. The minimum absolute atomic E-state index is 0.117. The van der Waals surface area contributed by atoms with Crippen LogP contribution in [0.5, 0.6) is 5.75 Å². The van der Waals surface area contributed by atoms with Gasteiger partial charge in [-0.15, -0.1) is 0 Å². The van der Waals surface area contributed by atoms with Gasteiger partial charge in [0, 0.05) is 31.2 Å². The summed E-state index contributed by atoms with van der Waals surface area (Å²) in [4.78, 5) is 14.6. The summed E-state index contributed by atoms with van der Waals surface area (Å²) >= 11 is 0. The second-order valence-electron chi connectivity index (χ2n) is 7.42. The largest absolute Gasteiger partial charge is 0.497 e. The maximum atomic E-state index is 12.7. The topological polar surface area (TPSA) is 64.8 Å². The first-order chi connectivity index (χ1) is 13.0. The van der Waals surface area contributed by atoms with Gasteiger partial charge in [-0.1, -0.05) is 31.1 Å². The van der Waals surface area contributed by atoms with Gasteiger partial charge < -0.3 is 18.9 Å². The maximum Gasteiger partial charge on any atom is 0.223 e. The molecular weight excluding hydrogens is 344 g/mol. The Morgan fingerprint density at radius 3 is 2.93 bits per heavy atom. The first kappa shape index (κ1) is 19.4. The van der Waals surface area contributed by atoms with Crippen LogP contribution >= 0.6 is 0 Å². The van der Waals surface area contributed by atoms with E-state index in [4.69, 9.17) is 14.0 Å². The van der Waals surface area contributed by atoms with Gasteiger partial charge in [0.05, 0.1) is 19.8 Å². The highest BCUT2D eigenvalue weighted by Crippen LogP contribution is 2.25. The van der Waals surface area contributed by atoms with E-state index in [1.807, 2.05) is 35.2 Å². The molecule has 0 spiro atoms. The Labute approximate surface area is 160 Å². The lowest BCUT2D eigenvalue weighted by atomic mass is 10.1. The molecule has 1 fully saturated rings. The molecule has 0 saturated carbocycles. The van der Waals surface area contributed by atoms with Crippen LogP contribution in [-0.4, -0.2) is 42.3 Å². The molecule has 1 aliphatic rings. The molecule has 0 unspecified atom stereocenters. The van der Waals surface area contributed by atoms with Crippen molar-refractivity contribution in [1.29, 1.82) is 0 Å². The van der Waals surface area contributed by atoms with Crippen molar-refractivity contribution in [2.45, 2.75) is 45.8 Å². The number of hydrogen-bond donors (Lipinski definition) is 0. The van der Waals surface area contributed by atoms with Gasteiger partial charge in [-0.2, -0.15) is 0 Å². The Hall–Kier alpha value is -2.34. The van der Waals surface area contributed by atoms with Gasteiger partial charge in [0.25, 0.3) is 0 Å². The minimum atomic E-state index is 0.117. The van der Waals surface area contributed by atoms with Crippen LogP contribution < -0.4 is 4.74 Å². The van der Waals surface area contributed by atoms with Crippen molar-refractivity contribution in [3.05, 3.63) is 36.0 Å². The number of methoxy groups -OCH3 is 1. The molecule has 1 saturated heterocycles. The molecule has 1 aromatic carbocycles. The summed E-state index contributed by atoms with van der Waals surface area (Å²) < 4.78 is 16.5. The SMILES string of the molecule is COc1cccc(-c2cc(CN(C[C@@H]3CCCO3)C(=O)CC(C)C)no2)c1. The first-order valence-corrected chi connectivity index (χ1v) is 9.54. The number of carbonyl (C=O) groups is 1. The van der Waals surface area contributed by atoms with E-state index in [2.05, 4.69) is 19.0 Å². The van der Waals surface area contributed by atoms with Crippen molar-refractivity contribution in [1.82, 2.24) is 10.1 Å². The van der Waals surface area contributed by atoms with Crippen LogP contribution in [0.25, 0.3) is 11.3 Å². The number of ether oxygens (including phenoxy) is 2. The van der Waals surface area contributed by atoms with Crippen molar-refractivity contribution in [2.75, 3.05) is 20.3 Å². The van der Waals surface area contributed by atoms with Crippen LogP contribution in [0.4, 0.5) is 0 Å². The number of rotatable bonds is 8. The average Bonchev–Trinajstić information content (AvgIpc) is 3.32. The molecule has 1 amide bonds. The van der Waals surface area contributed by atoms with Gasteiger partial charge in [0.2, 0.25) is 5.91 Å².